The number of aromatic nitrogens is 1. The Morgan fingerprint density at radius 3 is 2.58 bits per heavy atom. The van der Waals surface area contributed by atoms with Gasteiger partial charge in [0.2, 0.25) is 0 Å². The number of thioether (sulfide) groups is 2. The van der Waals surface area contributed by atoms with E-state index in [0.717, 1.165) is 21.7 Å². The molecule has 1 aliphatic carbocycles. The van der Waals surface area contributed by atoms with Gasteiger partial charge in [-0.3, -0.25) is 15.0 Å². The number of hydrogen-bond donors (Lipinski definition) is 2. The molecule has 1 fully saturated rings. The molecule has 1 aromatic carbocycles. The van der Waals surface area contributed by atoms with Gasteiger partial charge in [-0.15, -0.1) is 11.8 Å². The van der Waals surface area contributed by atoms with Crippen LogP contribution < -0.4 is 5.73 Å². The van der Waals surface area contributed by atoms with Crippen LogP contribution in [0.1, 0.15) is 43.4 Å². The van der Waals surface area contributed by atoms with Crippen molar-refractivity contribution in [3.8, 4) is 0 Å². The monoisotopic (exact) mass is 452 g/mol. The van der Waals surface area contributed by atoms with E-state index in [4.69, 9.17) is 10.7 Å². The Labute approximate surface area is 192 Å². The lowest BCUT2D eigenvalue weighted by atomic mass is 9.63. The number of nitrogens with zero attached hydrogens (tertiary/aromatic N) is 3. The van der Waals surface area contributed by atoms with E-state index >= 15 is 0 Å². The van der Waals surface area contributed by atoms with Crippen molar-refractivity contribution in [3.05, 3.63) is 65.5 Å². The highest BCUT2D eigenvalue weighted by Crippen LogP contribution is 2.47. The second-order valence-corrected chi connectivity index (χ2v) is 10.8. The van der Waals surface area contributed by atoms with Gasteiger partial charge in [0.15, 0.2) is 0 Å². The Hall–Kier alpha value is -1.93. The maximum atomic E-state index is 10.1. The maximum Gasteiger partial charge on any atom is 0.0859 e. The molecule has 1 aliphatic heterocycles. The van der Waals surface area contributed by atoms with Crippen molar-refractivity contribution in [2.75, 3.05) is 13.6 Å². The molecule has 2 aliphatic rings. The van der Waals surface area contributed by atoms with Crippen molar-refractivity contribution >= 4 is 44.6 Å². The second-order valence-electron chi connectivity index (χ2n) is 8.53. The minimum absolute atomic E-state index is 0.243. The van der Waals surface area contributed by atoms with Crippen molar-refractivity contribution in [1.29, 1.82) is 0 Å². The highest BCUT2D eigenvalue weighted by atomic mass is 32.2. The summed E-state index contributed by atoms with van der Waals surface area (Å²) in [7, 11) is 1.79. The van der Waals surface area contributed by atoms with Gasteiger partial charge >= 0.3 is 0 Å². The van der Waals surface area contributed by atoms with Crippen LogP contribution >= 0.6 is 23.5 Å². The van der Waals surface area contributed by atoms with Gasteiger partial charge in [-0.05, 0) is 49.5 Å². The smallest absolute Gasteiger partial charge is 0.0859 e. The molecule has 162 valence electrons. The lowest BCUT2D eigenvalue weighted by Gasteiger charge is -2.49. The molecule has 5 nitrogen and oxygen atoms in total. The minimum Gasteiger partial charge on any atom is -0.390 e. The quantitative estimate of drug-likeness (QED) is 0.495. The third-order valence-corrected chi connectivity index (χ3v) is 8.21. The normalized spacial score (nSPS) is 27.2. The fourth-order valence-corrected chi connectivity index (χ4v) is 6.17. The first-order chi connectivity index (χ1) is 14.8. The van der Waals surface area contributed by atoms with E-state index in [1.54, 1.807) is 36.8 Å². The van der Waals surface area contributed by atoms with Crippen LogP contribution in [0.5, 0.6) is 0 Å². The van der Waals surface area contributed by atoms with E-state index in [1.165, 1.54) is 10.5 Å². The predicted octanol–water partition coefficient (Wildman–Crippen LogP) is 4.57. The summed E-state index contributed by atoms with van der Waals surface area (Å²) in [6, 6.07) is 12.5. The van der Waals surface area contributed by atoms with Crippen LogP contribution in [0, 0.1) is 0 Å². The molecule has 1 atom stereocenters. The van der Waals surface area contributed by atoms with Crippen LogP contribution in [0.3, 0.4) is 0 Å². The van der Waals surface area contributed by atoms with E-state index in [-0.39, 0.29) is 5.25 Å². The molecule has 1 aromatic heterocycles. The Balaban J connectivity index is 1.64. The van der Waals surface area contributed by atoms with Gasteiger partial charge in [-0.25, -0.2) is 0 Å². The largest absolute Gasteiger partial charge is 0.390 e. The zero-order chi connectivity index (χ0) is 22.1. The molecule has 31 heavy (non-hydrogen) atoms. The molecule has 0 spiro atoms. The van der Waals surface area contributed by atoms with Crippen molar-refractivity contribution in [1.82, 2.24) is 4.98 Å². The van der Waals surface area contributed by atoms with Gasteiger partial charge in [-0.2, -0.15) is 0 Å². The van der Waals surface area contributed by atoms with E-state index in [1.807, 2.05) is 24.7 Å². The Bertz CT molecular complexity index is 1020. The van der Waals surface area contributed by atoms with Gasteiger partial charge in [0.1, 0.15) is 0 Å². The molecule has 4 rings (SSSR count). The molecule has 0 bridgehead atoms. The third-order valence-electron chi connectivity index (χ3n) is 5.72. The number of hydrogen-bond acceptors (Lipinski definition) is 7. The molecule has 0 saturated heterocycles. The van der Waals surface area contributed by atoms with Gasteiger partial charge in [0, 0.05) is 35.4 Å². The summed E-state index contributed by atoms with van der Waals surface area (Å²) in [6.07, 6.45) is 4.88. The van der Waals surface area contributed by atoms with Crippen molar-refractivity contribution < 1.29 is 5.11 Å². The Morgan fingerprint density at radius 2 is 1.97 bits per heavy atom. The third kappa shape index (κ3) is 4.80. The second kappa shape index (κ2) is 8.90. The highest BCUT2D eigenvalue weighted by molar-refractivity contribution is 8.24. The van der Waals surface area contributed by atoms with Crippen LogP contribution in [0.15, 0.2) is 58.8 Å². The van der Waals surface area contributed by atoms with Crippen LogP contribution in [0.4, 0.5) is 0 Å². The molecule has 2 aromatic rings. The molecule has 0 radical (unpaired) electrons. The summed E-state index contributed by atoms with van der Waals surface area (Å²) in [5.74, 6) is 0. The Morgan fingerprint density at radius 1 is 1.23 bits per heavy atom. The Kier molecular flexibility index (Phi) is 6.40. The molecule has 1 unspecified atom stereocenters. The number of rotatable bonds is 6. The first kappa shape index (κ1) is 22.3. The summed E-state index contributed by atoms with van der Waals surface area (Å²) in [5, 5.41) is 11.5. The van der Waals surface area contributed by atoms with Crippen LogP contribution in [-0.2, 0) is 5.54 Å². The standard InChI is InChI=1S/C24H28N4OS2/c1-16(30-15-26-3)22-28-12-20(21(31-22)18-5-4-10-27-11-18)17-6-8-19(9-7-17)24(25)13-23(2,29)14-24/h4-11,15-16,29H,12-14,25H2,1-3H3. The van der Waals surface area contributed by atoms with Crippen LogP contribution in [0.2, 0.25) is 0 Å². The molecule has 3 N–H and O–H groups in total. The first-order valence-corrected chi connectivity index (χ1v) is 12.1. The maximum absolute atomic E-state index is 10.1. The highest BCUT2D eigenvalue weighted by Gasteiger charge is 2.49. The minimum atomic E-state index is -0.661. The van der Waals surface area contributed by atoms with E-state index in [9.17, 15) is 5.11 Å². The van der Waals surface area contributed by atoms with E-state index in [2.05, 4.69) is 47.2 Å². The predicted molar refractivity (Wildman–Crippen MR) is 135 cm³/mol. The van der Waals surface area contributed by atoms with Crippen molar-refractivity contribution in [2.24, 2.45) is 15.7 Å². The summed E-state index contributed by atoms with van der Waals surface area (Å²) < 4.78 is 0. The van der Waals surface area contributed by atoms with Gasteiger partial charge in [0.05, 0.1) is 28.0 Å². The van der Waals surface area contributed by atoms with Crippen LogP contribution in [0.25, 0.3) is 10.5 Å². The lowest BCUT2D eigenvalue weighted by Crippen LogP contribution is -2.58. The number of nitrogens with two attached hydrogens (primary N) is 1. The van der Waals surface area contributed by atoms with E-state index in [0.29, 0.717) is 19.4 Å². The zero-order valence-electron chi connectivity index (χ0n) is 18.1. The summed E-state index contributed by atoms with van der Waals surface area (Å²) in [6.45, 7) is 4.63. The fourth-order valence-electron chi connectivity index (χ4n) is 4.32. The van der Waals surface area contributed by atoms with Gasteiger partial charge in [-0.1, -0.05) is 42.1 Å². The average molecular weight is 453 g/mol. The van der Waals surface area contributed by atoms with Gasteiger partial charge in [0.25, 0.3) is 0 Å². The van der Waals surface area contributed by atoms with Crippen molar-refractivity contribution in [2.45, 2.75) is 43.1 Å². The number of aliphatic hydroxyl groups is 1. The molecular formula is C24H28N4OS2. The summed E-state index contributed by atoms with van der Waals surface area (Å²) in [5.41, 5.74) is 11.8. The molecule has 1 saturated carbocycles. The zero-order valence-corrected chi connectivity index (χ0v) is 19.7. The fraction of sp³-hybridized carbons (Fsp3) is 0.375. The van der Waals surface area contributed by atoms with Gasteiger partial charge < -0.3 is 10.8 Å². The number of aliphatic imine (C=N–C) groups is 2. The SMILES string of the molecule is CN=CSC(C)C1=NCC(c2ccc(C3(N)CC(C)(O)C3)cc2)=C(c2cccnc2)S1. The molecule has 0 amide bonds. The topological polar surface area (TPSA) is 83.9 Å². The summed E-state index contributed by atoms with van der Waals surface area (Å²) in [4.78, 5) is 14.5. The van der Waals surface area contributed by atoms with E-state index < -0.39 is 11.1 Å². The van der Waals surface area contributed by atoms with Crippen LogP contribution in [-0.4, -0.2) is 45.1 Å². The average Bonchev–Trinajstić information content (AvgIpc) is 2.76. The number of benzene rings is 1. The molecule has 2 heterocycles. The summed E-state index contributed by atoms with van der Waals surface area (Å²) >= 11 is 3.40. The first-order valence-electron chi connectivity index (χ1n) is 10.4. The lowest BCUT2D eigenvalue weighted by molar-refractivity contribution is -0.0738. The van der Waals surface area contributed by atoms with Crippen molar-refractivity contribution in [3.63, 3.8) is 0 Å². The molecular weight excluding hydrogens is 424 g/mol. The number of pyridine rings is 1. The molecule has 7 heteroatoms.